The maximum absolute atomic E-state index is 4.11. The molecule has 0 aliphatic rings. The Bertz CT molecular complexity index is 180. The van der Waals surface area contributed by atoms with Crippen LogP contribution < -0.4 is 5.32 Å². The normalized spacial score (nSPS) is 10.0. The van der Waals surface area contributed by atoms with Gasteiger partial charge in [-0.2, -0.15) is 0 Å². The molecule has 3 nitrogen and oxygen atoms in total. The van der Waals surface area contributed by atoms with E-state index in [1.165, 1.54) is 0 Å². The maximum atomic E-state index is 4.11. The maximum Gasteiger partial charge on any atom is 0.0947 e. The van der Waals surface area contributed by atoms with E-state index in [4.69, 9.17) is 0 Å². The average Bonchev–Trinajstić information content (AvgIpc) is 2.17. The smallest absolute Gasteiger partial charge is 0.0947 e. The van der Waals surface area contributed by atoms with Crippen LogP contribution in [0.15, 0.2) is 12.5 Å². The molecule has 1 N–H and O–H groups in total. The van der Waals surface area contributed by atoms with Gasteiger partial charge in [-0.15, -0.1) is 0 Å². The number of rotatable bonds is 2. The molecule has 3 heteroatoms. The monoisotopic (exact) mass is 125 g/mol. The fourth-order valence-electron chi connectivity index (χ4n) is 0.739. The van der Waals surface area contributed by atoms with Crippen molar-refractivity contribution >= 4 is 0 Å². The molecular formula is C6H11N3. The SMILES string of the molecule is CNCc1cn(C)cn1. The van der Waals surface area contributed by atoms with Crippen molar-refractivity contribution in [3.05, 3.63) is 18.2 Å². The van der Waals surface area contributed by atoms with E-state index in [0.29, 0.717) is 0 Å². The molecular weight excluding hydrogens is 114 g/mol. The number of nitrogens with one attached hydrogen (secondary N) is 1. The molecule has 0 saturated carbocycles. The number of aromatic nitrogens is 2. The molecule has 1 aromatic rings. The Hall–Kier alpha value is -0.830. The van der Waals surface area contributed by atoms with Crippen molar-refractivity contribution in [2.45, 2.75) is 6.54 Å². The van der Waals surface area contributed by atoms with Crippen LogP contribution in [0.4, 0.5) is 0 Å². The van der Waals surface area contributed by atoms with Gasteiger partial charge >= 0.3 is 0 Å². The molecule has 0 radical (unpaired) electrons. The molecule has 0 amide bonds. The number of imidazole rings is 1. The number of hydrogen-bond donors (Lipinski definition) is 1. The van der Waals surface area contributed by atoms with Crippen LogP contribution in [0.3, 0.4) is 0 Å². The predicted octanol–water partition coefficient (Wildman–Crippen LogP) is 0.139. The highest BCUT2D eigenvalue weighted by Crippen LogP contribution is 1.90. The minimum Gasteiger partial charge on any atom is -0.340 e. The molecule has 0 saturated heterocycles. The Kier molecular flexibility index (Phi) is 1.85. The van der Waals surface area contributed by atoms with Crippen molar-refractivity contribution in [2.24, 2.45) is 7.05 Å². The van der Waals surface area contributed by atoms with Gasteiger partial charge in [-0.3, -0.25) is 0 Å². The lowest BCUT2D eigenvalue weighted by atomic mass is 10.5. The predicted molar refractivity (Wildman–Crippen MR) is 36.0 cm³/mol. The number of aryl methyl sites for hydroxylation is 1. The van der Waals surface area contributed by atoms with Gasteiger partial charge in [-0.05, 0) is 7.05 Å². The molecule has 9 heavy (non-hydrogen) atoms. The Morgan fingerprint density at radius 3 is 3.00 bits per heavy atom. The van der Waals surface area contributed by atoms with E-state index in [2.05, 4.69) is 10.3 Å². The highest BCUT2D eigenvalue weighted by molar-refractivity contribution is 4.94. The molecule has 0 spiro atoms. The van der Waals surface area contributed by atoms with Gasteiger partial charge in [0.2, 0.25) is 0 Å². The molecule has 1 aromatic heterocycles. The van der Waals surface area contributed by atoms with Crippen LogP contribution in [-0.2, 0) is 13.6 Å². The molecule has 0 aromatic carbocycles. The van der Waals surface area contributed by atoms with Crippen molar-refractivity contribution in [1.29, 1.82) is 0 Å². The topological polar surface area (TPSA) is 29.9 Å². The first-order chi connectivity index (χ1) is 4.33. The highest BCUT2D eigenvalue weighted by Gasteiger charge is 1.90. The lowest BCUT2D eigenvalue weighted by molar-refractivity contribution is 0.795. The summed E-state index contributed by atoms with van der Waals surface area (Å²) in [5.74, 6) is 0. The summed E-state index contributed by atoms with van der Waals surface area (Å²) in [6.45, 7) is 0.848. The summed E-state index contributed by atoms with van der Waals surface area (Å²) in [4.78, 5) is 4.11. The van der Waals surface area contributed by atoms with Crippen LogP contribution in [0.25, 0.3) is 0 Å². The zero-order valence-electron chi connectivity index (χ0n) is 5.76. The molecule has 0 fully saturated rings. The van der Waals surface area contributed by atoms with Crippen molar-refractivity contribution in [3.8, 4) is 0 Å². The minimum atomic E-state index is 0.848. The van der Waals surface area contributed by atoms with Crippen LogP contribution in [-0.4, -0.2) is 16.6 Å². The van der Waals surface area contributed by atoms with Crippen molar-refractivity contribution in [1.82, 2.24) is 14.9 Å². The first-order valence-electron chi connectivity index (χ1n) is 2.94. The molecule has 0 unspecified atom stereocenters. The third kappa shape index (κ3) is 1.54. The zero-order valence-corrected chi connectivity index (χ0v) is 5.76. The minimum absolute atomic E-state index is 0.848. The summed E-state index contributed by atoms with van der Waals surface area (Å²) < 4.78 is 1.94. The van der Waals surface area contributed by atoms with Gasteiger partial charge in [0, 0.05) is 19.8 Å². The zero-order chi connectivity index (χ0) is 6.69. The van der Waals surface area contributed by atoms with Gasteiger partial charge < -0.3 is 9.88 Å². The number of hydrogen-bond acceptors (Lipinski definition) is 2. The molecule has 1 heterocycles. The van der Waals surface area contributed by atoms with Crippen LogP contribution in [0.1, 0.15) is 5.69 Å². The summed E-state index contributed by atoms with van der Waals surface area (Å²) in [5, 5.41) is 3.02. The molecule has 0 bridgehead atoms. The van der Waals surface area contributed by atoms with Gasteiger partial charge in [-0.25, -0.2) is 4.98 Å². The fourth-order valence-corrected chi connectivity index (χ4v) is 0.739. The summed E-state index contributed by atoms with van der Waals surface area (Å²) in [6, 6.07) is 0. The van der Waals surface area contributed by atoms with Gasteiger partial charge in [0.1, 0.15) is 0 Å². The summed E-state index contributed by atoms with van der Waals surface area (Å²) in [7, 11) is 3.88. The second-order valence-electron chi connectivity index (χ2n) is 2.06. The molecule has 0 atom stereocenters. The lowest BCUT2D eigenvalue weighted by Crippen LogP contribution is -2.04. The summed E-state index contributed by atoms with van der Waals surface area (Å²) in [6.07, 6.45) is 3.79. The van der Waals surface area contributed by atoms with E-state index in [1.807, 2.05) is 24.9 Å². The summed E-state index contributed by atoms with van der Waals surface area (Å²) >= 11 is 0. The van der Waals surface area contributed by atoms with Crippen LogP contribution in [0, 0.1) is 0 Å². The number of nitrogens with zero attached hydrogens (tertiary/aromatic N) is 2. The average molecular weight is 125 g/mol. The lowest BCUT2D eigenvalue weighted by Gasteiger charge is -1.89. The molecule has 50 valence electrons. The first kappa shape index (κ1) is 6.29. The standard InChI is InChI=1S/C6H11N3/c1-7-3-6-4-9(2)5-8-6/h4-5,7H,3H2,1-2H3. The van der Waals surface area contributed by atoms with Crippen LogP contribution >= 0.6 is 0 Å². The van der Waals surface area contributed by atoms with E-state index >= 15 is 0 Å². The van der Waals surface area contributed by atoms with Gasteiger partial charge in [0.05, 0.1) is 12.0 Å². The van der Waals surface area contributed by atoms with E-state index in [9.17, 15) is 0 Å². The Morgan fingerprint density at radius 2 is 2.56 bits per heavy atom. The van der Waals surface area contributed by atoms with Crippen LogP contribution in [0.5, 0.6) is 0 Å². The van der Waals surface area contributed by atoms with E-state index in [-0.39, 0.29) is 0 Å². The Balaban J connectivity index is 2.61. The summed E-state index contributed by atoms with van der Waals surface area (Å²) in [5.41, 5.74) is 1.08. The second-order valence-corrected chi connectivity index (χ2v) is 2.06. The largest absolute Gasteiger partial charge is 0.340 e. The van der Waals surface area contributed by atoms with Crippen molar-refractivity contribution < 1.29 is 0 Å². The highest BCUT2D eigenvalue weighted by atomic mass is 15.0. The Labute approximate surface area is 54.7 Å². The van der Waals surface area contributed by atoms with E-state index < -0.39 is 0 Å². The third-order valence-corrected chi connectivity index (χ3v) is 1.12. The van der Waals surface area contributed by atoms with Crippen LogP contribution in [0.2, 0.25) is 0 Å². The van der Waals surface area contributed by atoms with E-state index in [1.54, 1.807) is 6.33 Å². The second kappa shape index (κ2) is 2.64. The molecule has 1 rings (SSSR count). The molecule has 0 aliphatic heterocycles. The van der Waals surface area contributed by atoms with Crippen molar-refractivity contribution in [3.63, 3.8) is 0 Å². The Morgan fingerprint density at radius 1 is 1.78 bits per heavy atom. The quantitative estimate of drug-likeness (QED) is 0.609. The third-order valence-electron chi connectivity index (χ3n) is 1.12. The fraction of sp³-hybridized carbons (Fsp3) is 0.500. The van der Waals surface area contributed by atoms with Gasteiger partial charge in [0.25, 0.3) is 0 Å². The van der Waals surface area contributed by atoms with Gasteiger partial charge in [-0.1, -0.05) is 0 Å². The molecule has 0 aliphatic carbocycles. The van der Waals surface area contributed by atoms with Gasteiger partial charge in [0.15, 0.2) is 0 Å². The first-order valence-corrected chi connectivity index (χ1v) is 2.94. The van der Waals surface area contributed by atoms with E-state index in [0.717, 1.165) is 12.2 Å². The van der Waals surface area contributed by atoms with Crippen molar-refractivity contribution in [2.75, 3.05) is 7.05 Å².